The maximum atomic E-state index is 12.7. The van der Waals surface area contributed by atoms with Gasteiger partial charge >= 0.3 is 0 Å². The van der Waals surface area contributed by atoms with Gasteiger partial charge in [0.15, 0.2) is 0 Å². The molecule has 7 heteroatoms. The zero-order valence-corrected chi connectivity index (χ0v) is 15.7. The van der Waals surface area contributed by atoms with Crippen molar-refractivity contribution in [3.05, 3.63) is 78.2 Å². The molecule has 136 valence electrons. The molecule has 0 amide bonds. The molecule has 0 saturated carbocycles. The maximum Gasteiger partial charge on any atom is 0.262 e. The summed E-state index contributed by atoms with van der Waals surface area (Å²) in [6.45, 7) is 3.73. The van der Waals surface area contributed by atoms with Gasteiger partial charge in [0.25, 0.3) is 10.0 Å². The van der Waals surface area contributed by atoms with Crippen LogP contribution in [0.1, 0.15) is 11.1 Å². The van der Waals surface area contributed by atoms with Gasteiger partial charge in [0, 0.05) is 29.8 Å². The molecule has 0 atom stereocenters. The first kappa shape index (κ1) is 17.2. The predicted octanol–water partition coefficient (Wildman–Crippen LogP) is 3.81. The Labute approximate surface area is 157 Å². The van der Waals surface area contributed by atoms with Crippen molar-refractivity contribution in [3.63, 3.8) is 0 Å². The third-order valence-electron chi connectivity index (χ3n) is 4.29. The van der Waals surface area contributed by atoms with E-state index < -0.39 is 10.0 Å². The number of nitrogens with zero attached hydrogens (tertiary/aromatic N) is 3. The topological polar surface area (TPSA) is 76.4 Å². The second-order valence-electron chi connectivity index (χ2n) is 6.40. The normalized spacial score (nSPS) is 11.6. The van der Waals surface area contributed by atoms with Crippen molar-refractivity contribution in [3.8, 4) is 11.3 Å². The van der Waals surface area contributed by atoms with Gasteiger partial charge < -0.3 is 0 Å². The number of aromatic nitrogens is 3. The van der Waals surface area contributed by atoms with E-state index in [1.54, 1.807) is 37.4 Å². The Morgan fingerprint density at radius 3 is 2.52 bits per heavy atom. The molecule has 0 radical (unpaired) electrons. The lowest BCUT2D eigenvalue weighted by Gasteiger charge is -2.11. The first-order valence-corrected chi connectivity index (χ1v) is 9.91. The number of hydrogen-bond donors (Lipinski definition) is 1. The molecule has 0 aliphatic rings. The minimum Gasteiger partial charge on any atom is -0.291 e. The second-order valence-corrected chi connectivity index (χ2v) is 8.06. The van der Waals surface area contributed by atoms with Crippen LogP contribution >= 0.6 is 0 Å². The molecule has 4 rings (SSSR count). The fourth-order valence-electron chi connectivity index (χ4n) is 2.99. The fourth-order valence-corrected chi connectivity index (χ4v) is 4.28. The summed E-state index contributed by atoms with van der Waals surface area (Å²) >= 11 is 0. The van der Waals surface area contributed by atoms with Crippen LogP contribution in [0.25, 0.3) is 17.0 Å². The fraction of sp³-hybridized carbons (Fsp3) is 0.100. The summed E-state index contributed by atoms with van der Waals surface area (Å²) in [6.07, 6.45) is 5.46. The van der Waals surface area contributed by atoms with Gasteiger partial charge in [-0.3, -0.25) is 9.12 Å². The molecule has 0 aliphatic carbocycles. The zero-order chi connectivity index (χ0) is 19.0. The highest BCUT2D eigenvalue weighted by Crippen LogP contribution is 2.24. The quantitative estimate of drug-likeness (QED) is 0.586. The molecule has 0 bridgehead atoms. The number of anilines is 1. The lowest BCUT2D eigenvalue weighted by molar-refractivity contribution is 0.600. The van der Waals surface area contributed by atoms with E-state index in [0.29, 0.717) is 11.5 Å². The minimum absolute atomic E-state index is 0.281. The summed E-state index contributed by atoms with van der Waals surface area (Å²) in [5.74, 6) is 0.618. The monoisotopic (exact) mass is 378 g/mol. The molecule has 6 nitrogen and oxygen atoms in total. The lowest BCUT2D eigenvalue weighted by atomic mass is 10.1. The highest BCUT2D eigenvalue weighted by molar-refractivity contribution is 7.92. The third-order valence-corrected chi connectivity index (χ3v) is 5.83. The van der Waals surface area contributed by atoms with Crippen LogP contribution in [0.5, 0.6) is 0 Å². The standard InChI is InChI=1S/C20H18N4O2S/c1-14-4-9-19(15(2)12-14)27(25,26)23-17-7-5-16(6-8-17)18-13-24-11-3-10-21-20(24)22-18/h3-13,23H,1-2H3. The molecule has 2 heterocycles. The van der Waals surface area contributed by atoms with E-state index in [2.05, 4.69) is 14.7 Å². The van der Waals surface area contributed by atoms with Crippen LogP contribution in [0.2, 0.25) is 0 Å². The van der Waals surface area contributed by atoms with Crippen molar-refractivity contribution in [2.24, 2.45) is 0 Å². The predicted molar refractivity (Wildman–Crippen MR) is 105 cm³/mol. The zero-order valence-electron chi connectivity index (χ0n) is 14.9. The molecule has 2 aromatic carbocycles. The van der Waals surface area contributed by atoms with Crippen molar-refractivity contribution in [2.45, 2.75) is 18.7 Å². The Morgan fingerprint density at radius 1 is 1.04 bits per heavy atom. The summed E-state index contributed by atoms with van der Waals surface area (Å²) < 4.78 is 29.8. The van der Waals surface area contributed by atoms with Gasteiger partial charge in [-0.05, 0) is 43.7 Å². The van der Waals surface area contributed by atoms with E-state index in [1.165, 1.54) is 0 Å². The molecule has 0 unspecified atom stereocenters. The van der Waals surface area contributed by atoms with Gasteiger partial charge in [0.1, 0.15) is 0 Å². The van der Waals surface area contributed by atoms with Crippen molar-refractivity contribution >= 4 is 21.5 Å². The Bertz CT molecular complexity index is 1200. The molecular weight excluding hydrogens is 360 g/mol. The first-order valence-electron chi connectivity index (χ1n) is 8.43. The largest absolute Gasteiger partial charge is 0.291 e. The van der Waals surface area contributed by atoms with Crippen LogP contribution in [0.3, 0.4) is 0 Å². The summed E-state index contributed by atoms with van der Waals surface area (Å²) in [5.41, 5.74) is 3.90. The number of hydrogen-bond acceptors (Lipinski definition) is 4. The Kier molecular flexibility index (Phi) is 4.16. The summed E-state index contributed by atoms with van der Waals surface area (Å²) in [5, 5.41) is 0. The summed E-state index contributed by atoms with van der Waals surface area (Å²) in [7, 11) is -3.64. The molecule has 0 saturated heterocycles. The molecule has 2 aromatic heterocycles. The van der Waals surface area contributed by atoms with Crippen molar-refractivity contribution < 1.29 is 8.42 Å². The average Bonchev–Trinajstić information content (AvgIpc) is 3.05. The number of rotatable bonds is 4. The van der Waals surface area contributed by atoms with Crippen LogP contribution in [0, 0.1) is 13.8 Å². The van der Waals surface area contributed by atoms with Crippen molar-refractivity contribution in [2.75, 3.05) is 4.72 Å². The molecule has 0 spiro atoms. The minimum atomic E-state index is -3.64. The first-order chi connectivity index (χ1) is 12.9. The Hall–Kier alpha value is -3.19. The van der Waals surface area contributed by atoms with Gasteiger partial charge in [0.05, 0.1) is 10.6 Å². The molecule has 27 heavy (non-hydrogen) atoms. The van der Waals surface area contributed by atoms with E-state index in [-0.39, 0.29) is 4.90 Å². The van der Waals surface area contributed by atoms with Crippen LogP contribution < -0.4 is 4.72 Å². The highest BCUT2D eigenvalue weighted by atomic mass is 32.2. The van der Waals surface area contributed by atoms with Crippen LogP contribution in [-0.4, -0.2) is 22.8 Å². The number of sulfonamides is 1. The second kappa shape index (κ2) is 6.51. The van der Waals surface area contributed by atoms with Gasteiger partial charge in [-0.2, -0.15) is 0 Å². The number of fused-ring (bicyclic) bond motifs is 1. The van der Waals surface area contributed by atoms with Crippen LogP contribution in [0.15, 0.2) is 72.0 Å². The molecule has 0 aliphatic heterocycles. The molecular formula is C20H18N4O2S. The SMILES string of the molecule is Cc1ccc(S(=O)(=O)Nc2ccc(-c3cn4cccnc4n3)cc2)c(C)c1. The van der Waals surface area contributed by atoms with Gasteiger partial charge in [-0.25, -0.2) is 18.4 Å². The number of benzene rings is 2. The highest BCUT2D eigenvalue weighted by Gasteiger charge is 2.17. The van der Waals surface area contributed by atoms with Crippen LogP contribution in [-0.2, 0) is 10.0 Å². The van der Waals surface area contributed by atoms with E-state index in [0.717, 1.165) is 22.4 Å². The van der Waals surface area contributed by atoms with Crippen molar-refractivity contribution in [1.82, 2.24) is 14.4 Å². The number of aryl methyl sites for hydroxylation is 2. The van der Waals surface area contributed by atoms with Gasteiger partial charge in [0.2, 0.25) is 5.78 Å². The van der Waals surface area contributed by atoms with E-state index >= 15 is 0 Å². The average molecular weight is 378 g/mol. The molecule has 0 fully saturated rings. The Morgan fingerprint density at radius 2 is 1.81 bits per heavy atom. The summed E-state index contributed by atoms with van der Waals surface area (Å²) in [6, 6.07) is 14.2. The van der Waals surface area contributed by atoms with E-state index in [4.69, 9.17) is 0 Å². The number of imidazole rings is 1. The lowest BCUT2D eigenvalue weighted by Crippen LogP contribution is -2.14. The van der Waals surface area contributed by atoms with E-state index in [1.807, 2.05) is 48.0 Å². The maximum absolute atomic E-state index is 12.7. The smallest absolute Gasteiger partial charge is 0.262 e. The summed E-state index contributed by atoms with van der Waals surface area (Å²) in [4.78, 5) is 8.95. The van der Waals surface area contributed by atoms with Gasteiger partial charge in [-0.1, -0.05) is 29.8 Å². The number of nitrogens with one attached hydrogen (secondary N) is 1. The van der Waals surface area contributed by atoms with Crippen LogP contribution in [0.4, 0.5) is 5.69 Å². The molecule has 4 aromatic rings. The third kappa shape index (κ3) is 3.41. The van der Waals surface area contributed by atoms with Crippen molar-refractivity contribution in [1.29, 1.82) is 0 Å². The molecule has 1 N–H and O–H groups in total. The van der Waals surface area contributed by atoms with Gasteiger partial charge in [-0.15, -0.1) is 0 Å². The van der Waals surface area contributed by atoms with E-state index in [9.17, 15) is 8.42 Å². The Balaban J connectivity index is 1.60.